The summed E-state index contributed by atoms with van der Waals surface area (Å²) in [6.07, 6.45) is 8.92. The van der Waals surface area contributed by atoms with Gasteiger partial charge in [-0.25, -0.2) is 5.01 Å². The maximum atomic E-state index is 6.54. The first-order chi connectivity index (χ1) is 15.2. The quantitative estimate of drug-likeness (QED) is 0.674. The van der Waals surface area contributed by atoms with Crippen molar-refractivity contribution in [1.82, 2.24) is 15.2 Å². The van der Waals surface area contributed by atoms with Gasteiger partial charge in [0.2, 0.25) is 0 Å². The number of nitrogens with two attached hydrogens (primary N) is 1. The highest BCUT2D eigenvalue weighted by molar-refractivity contribution is 6.26. The summed E-state index contributed by atoms with van der Waals surface area (Å²) >= 11 is 0. The van der Waals surface area contributed by atoms with E-state index in [1.807, 2.05) is 29.4 Å². The number of H-pyrrole nitrogens is 1. The number of allylic oxidation sites excluding steroid dienone is 1. The third-order valence-electron chi connectivity index (χ3n) is 6.72. The molecule has 2 unspecified atom stereocenters. The number of nitrogens with zero attached hydrogens (tertiary/aromatic N) is 4. The minimum atomic E-state index is -0.156. The van der Waals surface area contributed by atoms with Crippen LogP contribution in [-0.4, -0.2) is 27.3 Å². The van der Waals surface area contributed by atoms with Crippen molar-refractivity contribution >= 4 is 17.6 Å². The Morgan fingerprint density at radius 3 is 2.45 bits per heavy atom. The Bertz CT molecular complexity index is 1170. The van der Waals surface area contributed by atoms with E-state index in [1.54, 1.807) is 6.20 Å². The Balaban J connectivity index is 1.42. The van der Waals surface area contributed by atoms with Gasteiger partial charge in [0.25, 0.3) is 0 Å². The van der Waals surface area contributed by atoms with Gasteiger partial charge in [-0.15, -0.1) is 0 Å². The molecule has 0 amide bonds. The van der Waals surface area contributed by atoms with Crippen molar-refractivity contribution in [1.29, 1.82) is 0 Å². The van der Waals surface area contributed by atoms with Gasteiger partial charge in [0, 0.05) is 23.5 Å². The molecule has 0 radical (unpaired) electrons. The molecule has 31 heavy (non-hydrogen) atoms. The summed E-state index contributed by atoms with van der Waals surface area (Å²) in [5.41, 5.74) is 11.9. The number of hydrogen-bond donors (Lipinski definition) is 2. The van der Waals surface area contributed by atoms with E-state index in [4.69, 9.17) is 15.8 Å². The van der Waals surface area contributed by atoms with Gasteiger partial charge in [-0.1, -0.05) is 54.6 Å². The van der Waals surface area contributed by atoms with Gasteiger partial charge >= 0.3 is 0 Å². The molecular weight excluding hydrogens is 384 g/mol. The number of benzene rings is 2. The molecule has 3 aliphatic rings. The molecule has 6 nitrogen and oxygen atoms in total. The Labute approximate surface area is 181 Å². The molecule has 3 N–H and O–H groups in total. The maximum absolute atomic E-state index is 6.54. The summed E-state index contributed by atoms with van der Waals surface area (Å²) in [5.74, 6) is 0.865. The molecule has 3 heterocycles. The lowest BCUT2D eigenvalue weighted by atomic mass is 9.72. The van der Waals surface area contributed by atoms with Crippen LogP contribution in [0, 0.1) is 0 Å². The van der Waals surface area contributed by atoms with Crippen molar-refractivity contribution in [3.63, 3.8) is 0 Å². The van der Waals surface area contributed by atoms with E-state index >= 15 is 0 Å². The number of aliphatic imine (C=N–C) groups is 1. The van der Waals surface area contributed by atoms with E-state index < -0.39 is 0 Å². The van der Waals surface area contributed by atoms with Crippen LogP contribution in [0.4, 0.5) is 0 Å². The fourth-order valence-electron chi connectivity index (χ4n) is 4.81. The van der Waals surface area contributed by atoms with Crippen molar-refractivity contribution in [2.24, 2.45) is 15.8 Å². The Morgan fingerprint density at radius 2 is 1.77 bits per heavy atom. The predicted octanol–water partition coefficient (Wildman–Crippen LogP) is 4.33. The van der Waals surface area contributed by atoms with Gasteiger partial charge in [0.15, 0.2) is 5.84 Å². The van der Waals surface area contributed by atoms with Crippen LogP contribution < -0.4 is 5.73 Å². The zero-order valence-electron chi connectivity index (χ0n) is 17.1. The number of amidine groups is 1. The zero-order valence-corrected chi connectivity index (χ0v) is 17.1. The summed E-state index contributed by atoms with van der Waals surface area (Å²) in [5, 5.41) is 13.9. The topological polar surface area (TPSA) is 82.7 Å². The van der Waals surface area contributed by atoms with Gasteiger partial charge in [-0.05, 0) is 48.1 Å². The minimum absolute atomic E-state index is 0.0135. The minimum Gasteiger partial charge on any atom is -0.321 e. The van der Waals surface area contributed by atoms with E-state index in [-0.39, 0.29) is 17.6 Å². The highest BCUT2D eigenvalue weighted by Gasteiger charge is 2.41. The lowest BCUT2D eigenvalue weighted by Crippen LogP contribution is -2.43. The zero-order chi connectivity index (χ0) is 20.8. The second kappa shape index (κ2) is 7.03. The van der Waals surface area contributed by atoms with E-state index in [9.17, 15) is 0 Å². The lowest BCUT2D eigenvalue weighted by molar-refractivity contribution is 0.253. The molecule has 3 aromatic rings. The SMILES string of the molecule is NC1(c2ccc(C3N=C4C(c5ccn[nH]5)=CC=NN4C3c3ccccc3)cc2)CCC1. The molecule has 2 aliphatic heterocycles. The maximum Gasteiger partial charge on any atom is 0.155 e. The molecular formula is C25H24N6. The van der Waals surface area contributed by atoms with Crippen LogP contribution in [0.3, 0.4) is 0 Å². The number of fused-ring (bicyclic) bond motifs is 1. The van der Waals surface area contributed by atoms with E-state index in [0.717, 1.165) is 29.9 Å². The molecule has 154 valence electrons. The summed E-state index contributed by atoms with van der Waals surface area (Å²) in [6, 6.07) is 21.1. The van der Waals surface area contributed by atoms with Crippen LogP contribution in [0.25, 0.3) is 5.57 Å². The van der Waals surface area contributed by atoms with Crippen LogP contribution in [0.1, 0.15) is 53.7 Å². The molecule has 1 aliphatic carbocycles. The highest BCUT2D eigenvalue weighted by atomic mass is 15.5. The van der Waals surface area contributed by atoms with Crippen LogP contribution in [0.15, 0.2) is 83.0 Å². The van der Waals surface area contributed by atoms with Crippen LogP contribution in [0.5, 0.6) is 0 Å². The predicted molar refractivity (Wildman–Crippen MR) is 122 cm³/mol. The third-order valence-corrected chi connectivity index (χ3v) is 6.72. The fourth-order valence-corrected chi connectivity index (χ4v) is 4.81. The van der Waals surface area contributed by atoms with E-state index in [1.165, 1.54) is 23.1 Å². The van der Waals surface area contributed by atoms with Crippen molar-refractivity contribution in [2.45, 2.75) is 36.9 Å². The Morgan fingerprint density at radius 1 is 0.968 bits per heavy atom. The monoisotopic (exact) mass is 408 g/mol. The van der Waals surface area contributed by atoms with Crippen molar-refractivity contribution in [2.75, 3.05) is 0 Å². The van der Waals surface area contributed by atoms with Gasteiger partial charge in [-0.2, -0.15) is 10.2 Å². The van der Waals surface area contributed by atoms with Crippen molar-refractivity contribution in [3.05, 3.63) is 95.3 Å². The summed E-state index contributed by atoms with van der Waals surface area (Å²) in [6.45, 7) is 0. The molecule has 0 spiro atoms. The molecule has 2 aromatic carbocycles. The second-order valence-corrected chi connectivity index (χ2v) is 8.54. The Hall–Kier alpha value is -3.51. The number of hydrogen-bond acceptors (Lipinski definition) is 5. The molecule has 0 saturated heterocycles. The molecule has 1 saturated carbocycles. The Kier molecular flexibility index (Phi) is 4.14. The summed E-state index contributed by atoms with van der Waals surface area (Å²) in [7, 11) is 0. The number of hydrazone groups is 1. The number of nitrogens with one attached hydrogen (secondary N) is 1. The van der Waals surface area contributed by atoms with Crippen LogP contribution >= 0.6 is 0 Å². The summed E-state index contributed by atoms with van der Waals surface area (Å²) < 4.78 is 0. The first kappa shape index (κ1) is 18.3. The molecule has 1 fully saturated rings. The summed E-state index contributed by atoms with van der Waals surface area (Å²) in [4.78, 5) is 5.18. The first-order valence-corrected chi connectivity index (χ1v) is 10.8. The van der Waals surface area contributed by atoms with Crippen molar-refractivity contribution < 1.29 is 0 Å². The normalized spacial score (nSPS) is 23.7. The fraction of sp³-hybridized carbons (Fsp3) is 0.240. The average molecular weight is 409 g/mol. The second-order valence-electron chi connectivity index (χ2n) is 8.54. The number of rotatable bonds is 4. The molecule has 6 rings (SSSR count). The van der Waals surface area contributed by atoms with E-state index in [2.05, 4.69) is 58.7 Å². The third kappa shape index (κ3) is 2.94. The average Bonchev–Trinajstić information content (AvgIpc) is 3.46. The number of aromatic amines is 1. The standard InChI is InChI=1S/C25H24N6/c26-25(13-4-14-25)19-9-7-17(8-10-19)22-23(18-5-2-1-3-6-18)31-24(29-22)20(11-16-28-31)21-12-15-27-30-21/h1-3,5-12,15-16,22-23H,4,13-14,26H2,(H,27,30). The smallest absolute Gasteiger partial charge is 0.155 e. The van der Waals surface area contributed by atoms with Gasteiger partial charge in [0.05, 0.1) is 5.69 Å². The van der Waals surface area contributed by atoms with E-state index in [0.29, 0.717) is 0 Å². The van der Waals surface area contributed by atoms with Gasteiger partial charge in [-0.3, -0.25) is 10.1 Å². The first-order valence-electron chi connectivity index (χ1n) is 10.8. The molecule has 6 heteroatoms. The van der Waals surface area contributed by atoms with Crippen LogP contribution in [-0.2, 0) is 5.54 Å². The molecule has 1 aromatic heterocycles. The van der Waals surface area contributed by atoms with Crippen molar-refractivity contribution in [3.8, 4) is 0 Å². The largest absolute Gasteiger partial charge is 0.321 e. The van der Waals surface area contributed by atoms with Gasteiger partial charge < -0.3 is 5.73 Å². The molecule has 0 bridgehead atoms. The van der Waals surface area contributed by atoms with Gasteiger partial charge in [0.1, 0.15) is 12.1 Å². The highest BCUT2D eigenvalue weighted by Crippen LogP contribution is 2.46. The van der Waals surface area contributed by atoms with Crippen LogP contribution in [0.2, 0.25) is 0 Å². The molecule has 2 atom stereocenters. The lowest BCUT2D eigenvalue weighted by Gasteiger charge is -2.38. The number of aromatic nitrogens is 2.